The smallest absolute Gasteiger partial charge is 0.243 e. The molecule has 2 aromatic carbocycles. The Morgan fingerprint density at radius 2 is 1.93 bits per heavy atom. The molecular weight excluding hydrogens is 530 g/mol. The first-order valence-electron chi connectivity index (χ1n) is 15.5. The summed E-state index contributed by atoms with van der Waals surface area (Å²) >= 11 is 0. The first-order valence-corrected chi connectivity index (χ1v) is 15.5. The van der Waals surface area contributed by atoms with E-state index in [9.17, 15) is 14.7 Å². The predicted molar refractivity (Wildman–Crippen MR) is 162 cm³/mol. The van der Waals surface area contributed by atoms with Crippen LogP contribution in [0.25, 0.3) is 0 Å². The number of nitrogens with zero attached hydrogens (tertiary/aromatic N) is 1. The molecule has 8 heteroatoms. The fourth-order valence-corrected chi connectivity index (χ4v) is 6.56. The van der Waals surface area contributed by atoms with Crippen molar-refractivity contribution in [2.24, 2.45) is 5.92 Å². The number of aliphatic hydroxyl groups excluding tert-OH is 1. The molecule has 2 aliphatic heterocycles. The third-order valence-electron chi connectivity index (χ3n) is 8.99. The number of ether oxygens (including phenoxy) is 2. The number of benzene rings is 2. The third kappa shape index (κ3) is 7.05. The van der Waals surface area contributed by atoms with Gasteiger partial charge in [0.1, 0.15) is 11.8 Å². The molecule has 2 amide bonds. The number of methoxy groups -OCH3 is 1. The maximum atomic E-state index is 13.9. The highest BCUT2D eigenvalue weighted by molar-refractivity contribution is 5.90. The van der Waals surface area contributed by atoms with Crippen LogP contribution < -0.4 is 15.4 Å². The van der Waals surface area contributed by atoms with Crippen LogP contribution in [0.1, 0.15) is 74.3 Å². The summed E-state index contributed by atoms with van der Waals surface area (Å²) in [5.41, 5.74) is 3.25. The van der Waals surface area contributed by atoms with E-state index in [4.69, 9.17) is 9.47 Å². The van der Waals surface area contributed by atoms with E-state index in [0.29, 0.717) is 26.0 Å². The van der Waals surface area contributed by atoms with Crippen LogP contribution in [-0.4, -0.2) is 66.8 Å². The van der Waals surface area contributed by atoms with Crippen LogP contribution >= 0.6 is 0 Å². The van der Waals surface area contributed by atoms with E-state index < -0.39 is 18.2 Å². The third-order valence-corrected chi connectivity index (χ3v) is 8.99. The number of nitrogens with one attached hydrogen (secondary N) is 2. The summed E-state index contributed by atoms with van der Waals surface area (Å²) in [6, 6.07) is 14.8. The summed E-state index contributed by atoms with van der Waals surface area (Å²) in [7, 11) is 1.66. The first-order chi connectivity index (χ1) is 20.5. The van der Waals surface area contributed by atoms with Gasteiger partial charge in [0.15, 0.2) is 0 Å². The van der Waals surface area contributed by atoms with Crippen molar-refractivity contribution >= 4 is 11.8 Å². The van der Waals surface area contributed by atoms with Gasteiger partial charge in [-0.2, -0.15) is 0 Å². The maximum Gasteiger partial charge on any atom is 0.243 e. The van der Waals surface area contributed by atoms with E-state index in [0.717, 1.165) is 54.5 Å². The Labute approximate surface area is 249 Å². The monoisotopic (exact) mass is 575 g/mol. The number of fused-ring (bicyclic) bond motifs is 5. The predicted octanol–water partition coefficient (Wildman–Crippen LogP) is 4.24. The molecule has 6 atom stereocenters. The van der Waals surface area contributed by atoms with E-state index in [1.54, 1.807) is 12.0 Å². The van der Waals surface area contributed by atoms with Crippen molar-refractivity contribution in [2.45, 2.75) is 82.2 Å². The van der Waals surface area contributed by atoms with Crippen LogP contribution in [0.5, 0.6) is 5.75 Å². The van der Waals surface area contributed by atoms with E-state index in [1.165, 1.54) is 0 Å². The lowest BCUT2D eigenvalue weighted by Crippen LogP contribution is -2.55. The second kappa shape index (κ2) is 14.3. The first kappa shape index (κ1) is 30.3. The Balaban J connectivity index is 1.41. The number of likely N-dealkylation sites (tertiary alicyclic amines) is 1. The molecule has 0 spiro atoms. The molecule has 1 saturated heterocycles. The van der Waals surface area contributed by atoms with Gasteiger partial charge in [-0.25, -0.2) is 0 Å². The molecule has 226 valence electrons. The highest BCUT2D eigenvalue weighted by Crippen LogP contribution is 2.42. The van der Waals surface area contributed by atoms with Crippen molar-refractivity contribution in [3.8, 4) is 5.75 Å². The molecule has 1 aliphatic carbocycles. The van der Waals surface area contributed by atoms with Crippen molar-refractivity contribution in [3.05, 3.63) is 77.4 Å². The Bertz CT molecular complexity index is 1230. The maximum absolute atomic E-state index is 13.9. The minimum absolute atomic E-state index is 0.0213. The topological polar surface area (TPSA) is 100 Å². The van der Waals surface area contributed by atoms with Crippen LogP contribution in [0.4, 0.5) is 0 Å². The van der Waals surface area contributed by atoms with Crippen LogP contribution in [0.15, 0.2) is 60.7 Å². The summed E-state index contributed by atoms with van der Waals surface area (Å²) in [6.07, 6.45) is 8.28. The van der Waals surface area contributed by atoms with Gasteiger partial charge in [-0.3, -0.25) is 9.59 Å². The zero-order valence-corrected chi connectivity index (χ0v) is 24.8. The van der Waals surface area contributed by atoms with Gasteiger partial charge < -0.3 is 30.1 Å². The van der Waals surface area contributed by atoms with Crippen molar-refractivity contribution < 1.29 is 24.2 Å². The van der Waals surface area contributed by atoms with E-state index >= 15 is 0 Å². The van der Waals surface area contributed by atoms with Gasteiger partial charge >= 0.3 is 0 Å². The van der Waals surface area contributed by atoms with Gasteiger partial charge in [-0.1, -0.05) is 68.3 Å². The standard InChI is InChI=1S/C34H45N3O5/c1-3-4-12-24-16-17-37(34(24)40)30-13-8-9-18-42-32-21-28(27-20-25(41-2)14-15-26(27)32)35-22-31(38)29(36-33(30)39)19-23-10-6-5-7-11-23/h5-11,14-15,20,24,28-32,35,38H,3-4,12-13,16-19,21-22H2,1-2H3,(H,36,39)/t24-,28-,29-,30?,31+,32+/m0/s1. The molecule has 42 heavy (non-hydrogen) atoms. The van der Waals surface area contributed by atoms with Gasteiger partial charge in [0.25, 0.3) is 0 Å². The average Bonchev–Trinajstić information content (AvgIpc) is 3.54. The molecule has 8 nitrogen and oxygen atoms in total. The molecule has 0 saturated carbocycles. The Morgan fingerprint density at radius 1 is 1.10 bits per heavy atom. The number of carbonyl (C=O) groups excluding carboxylic acids is 2. The summed E-state index contributed by atoms with van der Waals surface area (Å²) in [5, 5.41) is 18.2. The number of hydrogen-bond acceptors (Lipinski definition) is 6. The summed E-state index contributed by atoms with van der Waals surface area (Å²) in [4.78, 5) is 29.0. The molecule has 1 fully saturated rings. The zero-order chi connectivity index (χ0) is 29.5. The van der Waals surface area contributed by atoms with E-state index in [2.05, 4.69) is 23.6 Å². The minimum atomic E-state index is -0.851. The second-order valence-electron chi connectivity index (χ2n) is 11.8. The van der Waals surface area contributed by atoms with Crippen molar-refractivity contribution in [1.82, 2.24) is 15.5 Å². The number of hydrogen-bond donors (Lipinski definition) is 3. The lowest BCUT2D eigenvalue weighted by molar-refractivity contribution is -0.140. The molecule has 5 rings (SSSR count). The lowest BCUT2D eigenvalue weighted by atomic mass is 9.99. The number of amides is 2. The number of unbranched alkanes of at least 4 members (excludes halogenated alkanes) is 1. The van der Waals surface area contributed by atoms with Crippen LogP contribution in [0.3, 0.4) is 0 Å². The molecule has 3 aliphatic rings. The SMILES string of the molecule is CCCC[C@H]1CCN(C2CC=CCO[C@@H]3C[C@H](NC[C@@H](O)[C@H](Cc4ccccc4)NC2=O)c2cc(OC)ccc23)C1=O. The van der Waals surface area contributed by atoms with Crippen LogP contribution in [-0.2, 0) is 20.7 Å². The Kier molecular flexibility index (Phi) is 10.3. The van der Waals surface area contributed by atoms with Crippen molar-refractivity contribution in [3.63, 3.8) is 0 Å². The molecule has 0 radical (unpaired) electrons. The average molecular weight is 576 g/mol. The van der Waals surface area contributed by atoms with Crippen molar-refractivity contribution in [1.29, 1.82) is 0 Å². The molecular formula is C34H45N3O5. The summed E-state index contributed by atoms with van der Waals surface area (Å²) in [5.74, 6) is 0.601. The highest BCUT2D eigenvalue weighted by Gasteiger charge is 2.39. The fraction of sp³-hybridized carbons (Fsp3) is 0.529. The number of aliphatic hydroxyl groups is 1. The summed E-state index contributed by atoms with van der Waals surface area (Å²) < 4.78 is 11.8. The number of β-amino-alcohol motifs (C(OH)–C–C–N with tert-alkyl or cyclic N) is 1. The minimum Gasteiger partial charge on any atom is -0.497 e. The van der Waals surface area contributed by atoms with Crippen molar-refractivity contribution in [2.75, 3.05) is 26.8 Å². The largest absolute Gasteiger partial charge is 0.497 e. The second-order valence-corrected chi connectivity index (χ2v) is 11.8. The van der Waals surface area contributed by atoms with Gasteiger partial charge in [0.2, 0.25) is 11.8 Å². The quantitative estimate of drug-likeness (QED) is 0.427. The van der Waals surface area contributed by atoms with Gasteiger partial charge in [-0.05, 0) is 60.9 Å². The molecule has 3 N–H and O–H groups in total. The lowest BCUT2D eigenvalue weighted by Gasteiger charge is -2.31. The normalized spacial score (nSPS) is 28.6. The highest BCUT2D eigenvalue weighted by atomic mass is 16.5. The van der Waals surface area contributed by atoms with Gasteiger partial charge in [0, 0.05) is 25.0 Å². The molecule has 0 aromatic heterocycles. The van der Waals surface area contributed by atoms with Gasteiger partial charge in [0.05, 0.1) is 32.0 Å². The Morgan fingerprint density at radius 3 is 2.71 bits per heavy atom. The van der Waals surface area contributed by atoms with Gasteiger partial charge in [-0.15, -0.1) is 0 Å². The van der Waals surface area contributed by atoms with E-state index in [-0.39, 0.29) is 36.4 Å². The Hall–Kier alpha value is -3.20. The number of rotatable bonds is 7. The van der Waals surface area contributed by atoms with Crippen LogP contribution in [0, 0.1) is 5.92 Å². The molecule has 1 unspecified atom stereocenters. The molecule has 2 bridgehead atoms. The van der Waals surface area contributed by atoms with Crippen LogP contribution in [0.2, 0.25) is 0 Å². The summed E-state index contributed by atoms with van der Waals surface area (Å²) in [6.45, 7) is 3.40. The number of carbonyl (C=O) groups is 2. The molecule has 2 heterocycles. The van der Waals surface area contributed by atoms with E-state index in [1.807, 2.05) is 54.6 Å². The zero-order valence-electron chi connectivity index (χ0n) is 24.8. The molecule has 2 aromatic rings. The fourth-order valence-electron chi connectivity index (χ4n) is 6.56.